The van der Waals surface area contributed by atoms with Gasteiger partial charge in [0.25, 0.3) is 0 Å². The van der Waals surface area contributed by atoms with Crippen LogP contribution in [0.5, 0.6) is 0 Å². The topological polar surface area (TPSA) is 75.9 Å². The number of hydrogen-bond acceptors (Lipinski definition) is 5. The lowest BCUT2D eigenvalue weighted by Gasteiger charge is -2.11. The Kier molecular flexibility index (Phi) is 3.95. The van der Waals surface area contributed by atoms with E-state index >= 15 is 0 Å². The summed E-state index contributed by atoms with van der Waals surface area (Å²) in [6.45, 7) is 0. The van der Waals surface area contributed by atoms with Crippen molar-refractivity contribution in [3.8, 4) is 0 Å². The van der Waals surface area contributed by atoms with E-state index in [0.717, 1.165) is 27.9 Å². The molecule has 0 aliphatic heterocycles. The molecule has 1 aromatic carbocycles. The maximum absolute atomic E-state index is 6.18. The summed E-state index contributed by atoms with van der Waals surface area (Å²) in [6, 6.07) is 7.55. The molecule has 5 nitrogen and oxygen atoms in total. The molecular weight excluding hydrogens is 389 g/mol. The Balaban J connectivity index is 1.93. The van der Waals surface area contributed by atoms with Crippen LogP contribution < -0.4 is 16.6 Å². The van der Waals surface area contributed by atoms with Gasteiger partial charge in [0, 0.05) is 15.6 Å². The Hall–Kier alpha value is -1.12. The number of anilines is 3. The van der Waals surface area contributed by atoms with E-state index < -0.39 is 0 Å². The lowest BCUT2D eigenvalue weighted by Crippen LogP contribution is -2.11. The number of nitrogens with zero attached hydrogens (tertiary/aromatic N) is 2. The molecule has 0 spiro atoms. The monoisotopic (exact) mass is 401 g/mol. The van der Waals surface area contributed by atoms with E-state index in [1.165, 1.54) is 0 Å². The highest BCUT2D eigenvalue weighted by Crippen LogP contribution is 2.39. The molecule has 7 heteroatoms. The average molecular weight is 402 g/mol. The number of nitrogens with one attached hydrogen (secondary N) is 2. The van der Waals surface area contributed by atoms with Gasteiger partial charge in [0.15, 0.2) is 0 Å². The molecule has 104 valence electrons. The van der Waals surface area contributed by atoms with Crippen LogP contribution in [0.4, 0.5) is 17.3 Å². The molecule has 0 unspecified atom stereocenters. The van der Waals surface area contributed by atoms with Crippen LogP contribution in [0.3, 0.4) is 0 Å². The van der Waals surface area contributed by atoms with Crippen LogP contribution in [0.25, 0.3) is 0 Å². The first-order chi connectivity index (χ1) is 9.65. The minimum absolute atomic E-state index is 0.454. The Labute approximate surface area is 135 Å². The highest BCUT2D eigenvalue weighted by molar-refractivity contribution is 14.1. The van der Waals surface area contributed by atoms with Crippen molar-refractivity contribution in [2.75, 3.05) is 10.7 Å². The fraction of sp³-hybridized carbons (Fsp3) is 0.231. The maximum Gasteiger partial charge on any atom is 0.145 e. The molecular formula is C13H13ClIN5. The molecule has 4 N–H and O–H groups in total. The molecule has 0 saturated heterocycles. The molecule has 1 heterocycles. The van der Waals surface area contributed by atoms with E-state index in [9.17, 15) is 0 Å². The molecule has 1 fully saturated rings. The van der Waals surface area contributed by atoms with Crippen LogP contribution in [0.1, 0.15) is 24.6 Å². The number of nitrogen functional groups attached to an aromatic ring is 1. The quantitative estimate of drug-likeness (QED) is 0.414. The Bertz CT molecular complexity index is 645. The van der Waals surface area contributed by atoms with Crippen molar-refractivity contribution in [2.45, 2.75) is 18.8 Å². The van der Waals surface area contributed by atoms with E-state index in [1.54, 1.807) is 6.07 Å². The number of halogens is 2. The summed E-state index contributed by atoms with van der Waals surface area (Å²) in [5, 5.41) is 3.88. The molecule has 1 saturated carbocycles. The summed E-state index contributed by atoms with van der Waals surface area (Å²) >= 11 is 8.43. The number of hydrazine groups is 1. The van der Waals surface area contributed by atoms with Gasteiger partial charge in [-0.2, -0.15) is 0 Å². The second-order valence-corrected chi connectivity index (χ2v) is 6.32. The second-order valence-electron chi connectivity index (χ2n) is 4.66. The minimum atomic E-state index is 0.454. The summed E-state index contributed by atoms with van der Waals surface area (Å²) in [5.41, 5.74) is 3.40. The number of benzene rings is 1. The molecule has 2 aromatic rings. The largest absolute Gasteiger partial charge is 0.339 e. The third-order valence-electron chi connectivity index (χ3n) is 3.02. The van der Waals surface area contributed by atoms with E-state index in [4.69, 9.17) is 17.4 Å². The first kappa shape index (κ1) is 13.8. The number of rotatable bonds is 4. The third-order valence-corrected chi connectivity index (χ3v) is 4.03. The molecule has 0 amide bonds. The summed E-state index contributed by atoms with van der Waals surface area (Å²) in [5.74, 6) is 8.03. The normalized spacial score (nSPS) is 14.2. The van der Waals surface area contributed by atoms with E-state index in [2.05, 4.69) is 43.3 Å². The highest BCUT2D eigenvalue weighted by atomic mass is 127. The van der Waals surface area contributed by atoms with Crippen molar-refractivity contribution < 1.29 is 0 Å². The average Bonchev–Trinajstić information content (AvgIpc) is 3.27. The van der Waals surface area contributed by atoms with Crippen LogP contribution in [0, 0.1) is 3.57 Å². The predicted octanol–water partition coefficient (Wildman–Crippen LogP) is 3.64. The highest BCUT2D eigenvalue weighted by Gasteiger charge is 2.27. The number of hydrogen-bond donors (Lipinski definition) is 3. The van der Waals surface area contributed by atoms with Crippen molar-refractivity contribution >= 4 is 51.5 Å². The van der Waals surface area contributed by atoms with Gasteiger partial charge >= 0.3 is 0 Å². The van der Waals surface area contributed by atoms with Crippen LogP contribution >= 0.6 is 34.2 Å². The van der Waals surface area contributed by atoms with Crippen molar-refractivity contribution in [2.24, 2.45) is 5.84 Å². The van der Waals surface area contributed by atoms with Gasteiger partial charge in [-0.3, -0.25) is 0 Å². The zero-order valence-electron chi connectivity index (χ0n) is 10.5. The minimum Gasteiger partial charge on any atom is -0.339 e. The predicted molar refractivity (Wildman–Crippen MR) is 89.3 cm³/mol. The SMILES string of the molecule is NNc1cc(Nc2cc(I)ccc2Cl)nc(C2CC2)n1. The van der Waals surface area contributed by atoms with Crippen molar-refractivity contribution in [1.29, 1.82) is 0 Å². The van der Waals surface area contributed by atoms with Crippen LogP contribution in [-0.2, 0) is 0 Å². The molecule has 1 aliphatic rings. The standard InChI is InChI=1S/C13H13ClIN5/c14-9-4-3-8(15)5-10(9)17-11-6-12(20-16)19-13(18-11)7-1-2-7/h3-7H,1-2,16H2,(H2,17,18,19,20). The lowest BCUT2D eigenvalue weighted by atomic mass is 10.3. The van der Waals surface area contributed by atoms with E-state index in [-0.39, 0.29) is 0 Å². The molecule has 0 radical (unpaired) electrons. The second kappa shape index (κ2) is 5.71. The zero-order valence-corrected chi connectivity index (χ0v) is 13.4. The smallest absolute Gasteiger partial charge is 0.145 e. The van der Waals surface area contributed by atoms with Crippen molar-refractivity contribution in [1.82, 2.24) is 9.97 Å². The van der Waals surface area contributed by atoms with Gasteiger partial charge in [-0.15, -0.1) is 0 Å². The summed E-state index contributed by atoms with van der Waals surface area (Å²) in [7, 11) is 0. The van der Waals surface area contributed by atoms with Crippen LogP contribution in [0.15, 0.2) is 24.3 Å². The Morgan fingerprint density at radius 3 is 2.65 bits per heavy atom. The van der Waals surface area contributed by atoms with Gasteiger partial charge in [-0.25, -0.2) is 15.8 Å². The molecule has 0 bridgehead atoms. The lowest BCUT2D eigenvalue weighted by molar-refractivity contribution is 0.929. The molecule has 20 heavy (non-hydrogen) atoms. The molecule has 0 atom stereocenters. The number of nitrogens with two attached hydrogens (primary N) is 1. The molecule has 1 aliphatic carbocycles. The van der Waals surface area contributed by atoms with Gasteiger partial charge in [-0.05, 0) is 53.6 Å². The van der Waals surface area contributed by atoms with Gasteiger partial charge in [0.1, 0.15) is 17.5 Å². The molecule has 1 aromatic heterocycles. The first-order valence-corrected chi connectivity index (χ1v) is 7.69. The summed E-state index contributed by atoms with van der Waals surface area (Å²) in [4.78, 5) is 8.90. The fourth-order valence-corrected chi connectivity index (χ4v) is 2.52. The Morgan fingerprint density at radius 2 is 1.95 bits per heavy atom. The van der Waals surface area contributed by atoms with Gasteiger partial charge in [-0.1, -0.05) is 11.6 Å². The van der Waals surface area contributed by atoms with Gasteiger partial charge < -0.3 is 10.7 Å². The van der Waals surface area contributed by atoms with Crippen molar-refractivity contribution in [3.63, 3.8) is 0 Å². The van der Waals surface area contributed by atoms with Crippen molar-refractivity contribution in [3.05, 3.63) is 38.7 Å². The third kappa shape index (κ3) is 3.13. The van der Waals surface area contributed by atoms with Gasteiger partial charge in [0.05, 0.1) is 10.7 Å². The van der Waals surface area contributed by atoms with Crippen LogP contribution in [-0.4, -0.2) is 9.97 Å². The first-order valence-electron chi connectivity index (χ1n) is 6.23. The number of aromatic nitrogens is 2. The van der Waals surface area contributed by atoms with E-state index in [1.807, 2.05) is 18.2 Å². The van der Waals surface area contributed by atoms with E-state index in [0.29, 0.717) is 22.6 Å². The molecule has 3 rings (SSSR count). The summed E-state index contributed by atoms with van der Waals surface area (Å²) < 4.78 is 1.10. The summed E-state index contributed by atoms with van der Waals surface area (Å²) in [6.07, 6.45) is 2.27. The van der Waals surface area contributed by atoms with Gasteiger partial charge in [0.2, 0.25) is 0 Å². The Morgan fingerprint density at radius 1 is 1.20 bits per heavy atom. The maximum atomic E-state index is 6.18. The fourth-order valence-electron chi connectivity index (χ4n) is 1.86. The zero-order chi connectivity index (χ0) is 14.1. The van der Waals surface area contributed by atoms with Crippen LogP contribution in [0.2, 0.25) is 5.02 Å².